The summed E-state index contributed by atoms with van der Waals surface area (Å²) in [7, 11) is 0. The minimum atomic E-state index is -0.556. The van der Waals surface area contributed by atoms with Gasteiger partial charge in [0.15, 0.2) is 5.65 Å². The van der Waals surface area contributed by atoms with Crippen molar-refractivity contribution < 1.29 is 14.3 Å². The zero-order chi connectivity index (χ0) is 30.6. The van der Waals surface area contributed by atoms with E-state index in [0.29, 0.717) is 53.9 Å². The van der Waals surface area contributed by atoms with Gasteiger partial charge in [0.25, 0.3) is 5.56 Å². The van der Waals surface area contributed by atoms with Crippen LogP contribution in [0.15, 0.2) is 78.5 Å². The Hall–Kier alpha value is -5.19. The van der Waals surface area contributed by atoms with Crippen molar-refractivity contribution in [1.29, 1.82) is 0 Å². The fourth-order valence-electron chi connectivity index (χ4n) is 5.88. The molecule has 4 heterocycles. The Balaban J connectivity index is 1.20. The zero-order valence-electron chi connectivity index (χ0n) is 24.9. The maximum atomic E-state index is 13.7. The molecule has 0 bridgehead atoms. The molecule has 11 heteroatoms. The number of fused-ring (bicyclic) bond motifs is 5. The van der Waals surface area contributed by atoms with E-state index in [0.717, 1.165) is 24.1 Å². The lowest BCUT2D eigenvalue weighted by Gasteiger charge is -2.36. The third-order valence-electron chi connectivity index (χ3n) is 8.01. The van der Waals surface area contributed by atoms with Gasteiger partial charge >= 0.3 is 6.09 Å². The Bertz CT molecular complexity index is 1980. The van der Waals surface area contributed by atoms with Crippen LogP contribution in [0.2, 0.25) is 0 Å². The molecule has 1 saturated carbocycles. The van der Waals surface area contributed by atoms with E-state index < -0.39 is 5.60 Å². The Labute approximate surface area is 253 Å². The van der Waals surface area contributed by atoms with Gasteiger partial charge in [-0.15, -0.1) is 0 Å². The van der Waals surface area contributed by atoms with Crippen LogP contribution >= 0.6 is 0 Å². The SMILES string of the molecule is C=CCOc1ccc(-n2c(=O)c3cnc(Nc4ccc5c(c4)CN(C(=O)OC(C)(C)C)CC54CC4)nc3n3ccnc23)cc1. The second-order valence-corrected chi connectivity index (χ2v) is 12.4. The summed E-state index contributed by atoms with van der Waals surface area (Å²) >= 11 is 0. The third kappa shape index (κ3) is 4.93. The Kier molecular flexibility index (Phi) is 6.42. The smallest absolute Gasteiger partial charge is 0.410 e. The van der Waals surface area contributed by atoms with Gasteiger partial charge in [-0.2, -0.15) is 4.98 Å². The molecule has 7 rings (SSSR count). The summed E-state index contributed by atoms with van der Waals surface area (Å²) in [5.41, 5.74) is 3.38. The molecule has 1 aliphatic carbocycles. The second kappa shape index (κ2) is 10.2. The maximum absolute atomic E-state index is 13.7. The molecule has 1 fully saturated rings. The normalized spacial score (nSPS) is 15.3. The van der Waals surface area contributed by atoms with Gasteiger partial charge in [0.05, 0.1) is 5.69 Å². The topological polar surface area (TPSA) is 116 Å². The highest BCUT2D eigenvalue weighted by atomic mass is 16.6. The summed E-state index contributed by atoms with van der Waals surface area (Å²) in [5, 5.41) is 3.65. The summed E-state index contributed by atoms with van der Waals surface area (Å²) in [6.07, 6.45) is 8.41. The van der Waals surface area contributed by atoms with E-state index in [1.807, 2.05) is 45.0 Å². The summed E-state index contributed by atoms with van der Waals surface area (Å²) in [6.45, 7) is 10.8. The van der Waals surface area contributed by atoms with E-state index in [1.165, 1.54) is 16.3 Å². The van der Waals surface area contributed by atoms with Crippen LogP contribution in [-0.2, 0) is 16.7 Å². The fraction of sp³-hybridized carbons (Fsp3) is 0.303. The van der Waals surface area contributed by atoms with Crippen LogP contribution < -0.4 is 15.6 Å². The molecule has 2 aliphatic rings. The first kappa shape index (κ1) is 27.6. The molecule has 1 spiro atoms. The molecule has 1 aliphatic heterocycles. The third-order valence-corrected chi connectivity index (χ3v) is 8.01. The Morgan fingerprint density at radius 3 is 2.66 bits per heavy atom. The molecule has 5 aromatic rings. The summed E-state index contributed by atoms with van der Waals surface area (Å²) in [6, 6.07) is 13.4. The van der Waals surface area contributed by atoms with Crippen molar-refractivity contribution in [1.82, 2.24) is 28.8 Å². The van der Waals surface area contributed by atoms with Crippen molar-refractivity contribution in [3.63, 3.8) is 0 Å². The highest BCUT2D eigenvalue weighted by Crippen LogP contribution is 2.53. The number of aromatic nitrogens is 5. The first-order chi connectivity index (χ1) is 21.1. The maximum Gasteiger partial charge on any atom is 0.410 e. The van der Waals surface area contributed by atoms with Crippen LogP contribution in [-0.4, -0.2) is 53.7 Å². The Morgan fingerprint density at radius 2 is 1.93 bits per heavy atom. The number of anilines is 2. The predicted octanol–water partition coefficient (Wildman–Crippen LogP) is 5.52. The minimum Gasteiger partial charge on any atom is -0.490 e. The van der Waals surface area contributed by atoms with E-state index in [-0.39, 0.29) is 17.1 Å². The molecule has 3 aromatic heterocycles. The number of carbonyl (C=O) groups excluding carboxylic acids is 1. The van der Waals surface area contributed by atoms with Crippen LogP contribution in [0.1, 0.15) is 44.7 Å². The van der Waals surface area contributed by atoms with E-state index in [9.17, 15) is 9.59 Å². The lowest BCUT2D eigenvalue weighted by molar-refractivity contribution is 0.0197. The monoisotopic (exact) mass is 591 g/mol. The standard InChI is InChI=1S/C33H33N7O4/c1-5-16-43-24-9-7-23(8-10-24)40-28(41)25-18-35-29(37-27(25)39-15-14-34-30(39)40)36-22-6-11-26-21(17-22)19-38(20-33(26)12-13-33)31(42)44-32(2,3)4/h5-11,14-15,17-18H,1,12-13,16,19-20H2,2-4H3,(H,35,36,37). The highest BCUT2D eigenvalue weighted by molar-refractivity contribution is 5.78. The number of carbonyl (C=O) groups is 1. The van der Waals surface area contributed by atoms with Crippen LogP contribution in [0.5, 0.6) is 5.75 Å². The first-order valence-corrected chi connectivity index (χ1v) is 14.6. The van der Waals surface area contributed by atoms with Crippen molar-refractivity contribution in [2.24, 2.45) is 0 Å². The van der Waals surface area contributed by atoms with Gasteiger partial charge in [-0.1, -0.05) is 18.7 Å². The summed E-state index contributed by atoms with van der Waals surface area (Å²) < 4.78 is 14.6. The number of hydrogen-bond acceptors (Lipinski definition) is 8. The molecular weight excluding hydrogens is 558 g/mol. The van der Waals surface area contributed by atoms with Crippen LogP contribution in [0.4, 0.5) is 16.4 Å². The molecule has 1 N–H and O–H groups in total. The summed E-state index contributed by atoms with van der Waals surface area (Å²) in [4.78, 5) is 42.1. The number of amides is 1. The highest BCUT2D eigenvalue weighted by Gasteiger charge is 2.50. The molecular formula is C33H33N7O4. The molecule has 11 nitrogen and oxygen atoms in total. The van der Waals surface area contributed by atoms with Crippen molar-refractivity contribution in [2.45, 2.75) is 51.2 Å². The number of hydrogen-bond donors (Lipinski definition) is 1. The first-order valence-electron chi connectivity index (χ1n) is 14.6. The van der Waals surface area contributed by atoms with Gasteiger partial charge in [-0.05, 0) is 81.1 Å². The van der Waals surface area contributed by atoms with Crippen molar-refractivity contribution in [3.8, 4) is 11.4 Å². The molecule has 0 unspecified atom stereocenters. The van der Waals surface area contributed by atoms with Gasteiger partial charge in [0.2, 0.25) is 11.7 Å². The number of rotatable bonds is 6. The van der Waals surface area contributed by atoms with Crippen LogP contribution in [0, 0.1) is 0 Å². The van der Waals surface area contributed by atoms with Gasteiger partial charge in [0.1, 0.15) is 23.3 Å². The average molecular weight is 592 g/mol. The molecule has 2 aromatic carbocycles. The molecule has 0 atom stereocenters. The fourth-order valence-corrected chi connectivity index (χ4v) is 5.88. The van der Waals surface area contributed by atoms with Crippen molar-refractivity contribution in [2.75, 3.05) is 18.5 Å². The molecule has 0 saturated heterocycles. The van der Waals surface area contributed by atoms with Gasteiger partial charge in [-0.3, -0.25) is 9.20 Å². The van der Waals surface area contributed by atoms with Gasteiger partial charge in [0, 0.05) is 42.8 Å². The average Bonchev–Trinajstić information content (AvgIpc) is 3.58. The zero-order valence-corrected chi connectivity index (χ0v) is 24.9. The second-order valence-electron chi connectivity index (χ2n) is 12.4. The quantitative estimate of drug-likeness (QED) is 0.257. The number of nitrogens with one attached hydrogen (secondary N) is 1. The number of imidazole rings is 1. The molecule has 0 radical (unpaired) electrons. The largest absolute Gasteiger partial charge is 0.490 e. The van der Waals surface area contributed by atoms with E-state index in [4.69, 9.17) is 14.5 Å². The molecule has 44 heavy (non-hydrogen) atoms. The van der Waals surface area contributed by atoms with Crippen LogP contribution in [0.25, 0.3) is 22.5 Å². The van der Waals surface area contributed by atoms with Gasteiger partial charge in [-0.25, -0.2) is 19.3 Å². The van der Waals surface area contributed by atoms with Crippen molar-refractivity contribution >= 4 is 34.5 Å². The number of ether oxygens (including phenoxy) is 2. The number of nitrogens with zero attached hydrogens (tertiary/aromatic N) is 6. The van der Waals surface area contributed by atoms with E-state index >= 15 is 0 Å². The van der Waals surface area contributed by atoms with Crippen molar-refractivity contribution in [3.05, 3.63) is 95.2 Å². The predicted molar refractivity (Wildman–Crippen MR) is 167 cm³/mol. The molecule has 224 valence electrons. The Morgan fingerprint density at radius 1 is 1.14 bits per heavy atom. The van der Waals surface area contributed by atoms with E-state index in [1.54, 1.807) is 39.9 Å². The lowest BCUT2D eigenvalue weighted by Crippen LogP contribution is -2.44. The number of benzene rings is 2. The molecule has 1 amide bonds. The van der Waals surface area contributed by atoms with Gasteiger partial charge < -0.3 is 19.7 Å². The minimum absolute atomic E-state index is 0.00562. The van der Waals surface area contributed by atoms with Crippen LogP contribution in [0.3, 0.4) is 0 Å². The summed E-state index contributed by atoms with van der Waals surface area (Å²) in [5.74, 6) is 1.44. The lowest BCUT2D eigenvalue weighted by atomic mass is 9.87. The van der Waals surface area contributed by atoms with E-state index in [2.05, 4.69) is 27.9 Å².